The Bertz CT molecular complexity index is 707. The molecule has 1 aliphatic heterocycles. The van der Waals surface area contributed by atoms with Gasteiger partial charge < -0.3 is 4.90 Å². The van der Waals surface area contributed by atoms with Gasteiger partial charge in [-0.15, -0.1) is 0 Å². The number of H-pyrrole nitrogens is 1. The molecule has 1 aromatic carbocycles. The van der Waals surface area contributed by atoms with Gasteiger partial charge in [-0.3, -0.25) is 14.8 Å². The molecular weight excluding hydrogens is 321 g/mol. The molecule has 2 heterocycles. The summed E-state index contributed by atoms with van der Waals surface area (Å²) in [5.74, 6) is 1.60. The van der Waals surface area contributed by atoms with Gasteiger partial charge in [-0.05, 0) is 30.5 Å². The van der Waals surface area contributed by atoms with Gasteiger partial charge >= 0.3 is 0 Å². The zero-order valence-corrected chi connectivity index (χ0v) is 14.7. The van der Waals surface area contributed by atoms with Crippen LogP contribution in [0.25, 0.3) is 0 Å². The maximum atomic E-state index is 13.0. The van der Waals surface area contributed by atoms with E-state index in [0.717, 1.165) is 43.4 Å². The number of rotatable bonds is 5. The van der Waals surface area contributed by atoms with Gasteiger partial charge in [-0.25, -0.2) is 9.37 Å². The minimum Gasteiger partial charge on any atom is -0.340 e. The topological polar surface area (TPSA) is 65.1 Å². The number of halogens is 1. The number of hydrogen-bond acceptors (Lipinski definition) is 4. The molecule has 1 aromatic heterocycles. The summed E-state index contributed by atoms with van der Waals surface area (Å²) in [5, 5.41) is 7.01. The number of benzene rings is 1. The summed E-state index contributed by atoms with van der Waals surface area (Å²) >= 11 is 0. The third-order valence-corrected chi connectivity index (χ3v) is 4.65. The van der Waals surface area contributed by atoms with Crippen molar-refractivity contribution in [3.8, 4) is 0 Å². The number of piperazine rings is 1. The molecule has 0 unspecified atom stereocenters. The van der Waals surface area contributed by atoms with E-state index < -0.39 is 0 Å². The standard InChI is InChI=1S/C18H24FN5O/c1-13(15-3-5-16(19)6-4-15)11-18(25)24-9-7-23(8-10-24)12-17-20-14(2)21-22-17/h3-6,13H,7-12H2,1-2H3,(H,20,21,22)/t13-/m1/s1. The number of nitrogens with one attached hydrogen (secondary N) is 1. The predicted octanol–water partition coefficient (Wildman–Crippen LogP) is 2.09. The Labute approximate surface area is 147 Å². The average Bonchev–Trinajstić information content (AvgIpc) is 3.01. The number of aryl methyl sites for hydroxylation is 1. The molecule has 0 saturated carbocycles. The van der Waals surface area contributed by atoms with Gasteiger partial charge in [0, 0.05) is 32.6 Å². The zero-order chi connectivity index (χ0) is 17.8. The van der Waals surface area contributed by atoms with Crippen LogP contribution in [0.5, 0.6) is 0 Å². The summed E-state index contributed by atoms with van der Waals surface area (Å²) in [5.41, 5.74) is 0.994. The molecule has 134 valence electrons. The van der Waals surface area contributed by atoms with Crippen molar-refractivity contribution in [2.75, 3.05) is 26.2 Å². The first-order valence-electron chi connectivity index (χ1n) is 8.65. The summed E-state index contributed by atoms with van der Waals surface area (Å²) in [7, 11) is 0. The van der Waals surface area contributed by atoms with Crippen LogP contribution < -0.4 is 0 Å². The fourth-order valence-electron chi connectivity index (χ4n) is 3.12. The number of hydrogen-bond donors (Lipinski definition) is 1. The maximum Gasteiger partial charge on any atom is 0.223 e. The van der Waals surface area contributed by atoms with Crippen LogP contribution in [0.2, 0.25) is 0 Å². The summed E-state index contributed by atoms with van der Waals surface area (Å²) in [6.07, 6.45) is 0.450. The van der Waals surface area contributed by atoms with E-state index in [9.17, 15) is 9.18 Å². The second-order valence-electron chi connectivity index (χ2n) is 6.65. The Morgan fingerprint density at radius 3 is 2.52 bits per heavy atom. The second-order valence-corrected chi connectivity index (χ2v) is 6.65. The Balaban J connectivity index is 1.47. The fourth-order valence-corrected chi connectivity index (χ4v) is 3.12. The number of aromatic amines is 1. The Morgan fingerprint density at radius 2 is 1.92 bits per heavy atom. The third kappa shape index (κ3) is 4.63. The fraction of sp³-hybridized carbons (Fsp3) is 0.500. The van der Waals surface area contributed by atoms with E-state index in [1.807, 2.05) is 18.7 Å². The summed E-state index contributed by atoms with van der Waals surface area (Å²) in [6, 6.07) is 6.40. The summed E-state index contributed by atoms with van der Waals surface area (Å²) < 4.78 is 13.0. The van der Waals surface area contributed by atoms with Crippen molar-refractivity contribution < 1.29 is 9.18 Å². The van der Waals surface area contributed by atoms with E-state index in [1.54, 1.807) is 12.1 Å². The van der Waals surface area contributed by atoms with Crippen molar-refractivity contribution in [1.29, 1.82) is 0 Å². The molecule has 25 heavy (non-hydrogen) atoms. The van der Waals surface area contributed by atoms with Gasteiger partial charge in [0.25, 0.3) is 0 Å². The van der Waals surface area contributed by atoms with Crippen molar-refractivity contribution in [1.82, 2.24) is 25.0 Å². The molecular formula is C18H24FN5O. The van der Waals surface area contributed by atoms with Crippen molar-refractivity contribution in [2.24, 2.45) is 0 Å². The van der Waals surface area contributed by atoms with Crippen LogP contribution in [0.3, 0.4) is 0 Å². The highest BCUT2D eigenvalue weighted by atomic mass is 19.1. The van der Waals surface area contributed by atoms with E-state index in [4.69, 9.17) is 0 Å². The monoisotopic (exact) mass is 345 g/mol. The number of aromatic nitrogens is 3. The van der Waals surface area contributed by atoms with E-state index in [-0.39, 0.29) is 17.6 Å². The molecule has 3 rings (SSSR count). The molecule has 1 amide bonds. The van der Waals surface area contributed by atoms with Gasteiger partial charge in [0.05, 0.1) is 6.54 Å². The largest absolute Gasteiger partial charge is 0.340 e. The van der Waals surface area contributed by atoms with E-state index in [1.165, 1.54) is 12.1 Å². The third-order valence-electron chi connectivity index (χ3n) is 4.65. The highest BCUT2D eigenvalue weighted by Crippen LogP contribution is 2.21. The quantitative estimate of drug-likeness (QED) is 0.901. The SMILES string of the molecule is Cc1nc(CN2CCN(C(=O)C[C@@H](C)c3ccc(F)cc3)CC2)n[nH]1. The van der Waals surface area contributed by atoms with Gasteiger partial charge in [0.15, 0.2) is 5.82 Å². The van der Waals surface area contributed by atoms with Crippen molar-refractivity contribution in [3.63, 3.8) is 0 Å². The number of nitrogens with zero attached hydrogens (tertiary/aromatic N) is 4. The van der Waals surface area contributed by atoms with Crippen LogP contribution in [-0.2, 0) is 11.3 Å². The molecule has 6 nitrogen and oxygen atoms in total. The molecule has 0 radical (unpaired) electrons. The highest BCUT2D eigenvalue weighted by molar-refractivity contribution is 5.77. The van der Waals surface area contributed by atoms with Crippen molar-refractivity contribution >= 4 is 5.91 Å². The minimum atomic E-state index is -0.250. The van der Waals surface area contributed by atoms with Crippen molar-refractivity contribution in [3.05, 3.63) is 47.3 Å². The lowest BCUT2D eigenvalue weighted by atomic mass is 9.97. The summed E-state index contributed by atoms with van der Waals surface area (Å²) in [4.78, 5) is 21.0. The summed E-state index contributed by atoms with van der Waals surface area (Å²) in [6.45, 7) is 7.69. The molecule has 2 aromatic rings. The number of carbonyl (C=O) groups is 1. The van der Waals surface area contributed by atoms with Crippen molar-refractivity contribution in [2.45, 2.75) is 32.7 Å². The molecule has 7 heteroatoms. The molecule has 0 bridgehead atoms. The van der Waals surface area contributed by atoms with Gasteiger partial charge in [-0.2, -0.15) is 5.10 Å². The van der Waals surface area contributed by atoms with Crippen LogP contribution in [0.4, 0.5) is 4.39 Å². The second kappa shape index (κ2) is 7.74. The molecule has 0 spiro atoms. The first kappa shape index (κ1) is 17.5. The van der Waals surface area contributed by atoms with Gasteiger partial charge in [0.2, 0.25) is 5.91 Å². The number of carbonyl (C=O) groups excluding carboxylic acids is 1. The first-order chi connectivity index (χ1) is 12.0. The zero-order valence-electron chi connectivity index (χ0n) is 14.7. The average molecular weight is 345 g/mol. The normalized spacial score (nSPS) is 16.8. The smallest absolute Gasteiger partial charge is 0.223 e. The maximum absolute atomic E-state index is 13.0. The van der Waals surface area contributed by atoms with E-state index in [2.05, 4.69) is 20.1 Å². The molecule has 1 fully saturated rings. The van der Waals surface area contributed by atoms with Crippen LogP contribution in [0.1, 0.15) is 36.5 Å². The van der Waals surface area contributed by atoms with Gasteiger partial charge in [-0.1, -0.05) is 19.1 Å². The first-order valence-corrected chi connectivity index (χ1v) is 8.65. The molecule has 1 aliphatic rings. The van der Waals surface area contributed by atoms with E-state index in [0.29, 0.717) is 13.0 Å². The molecule has 1 saturated heterocycles. The Hall–Kier alpha value is -2.28. The lowest BCUT2D eigenvalue weighted by Crippen LogP contribution is -2.48. The predicted molar refractivity (Wildman–Crippen MR) is 92.4 cm³/mol. The lowest BCUT2D eigenvalue weighted by Gasteiger charge is -2.34. The minimum absolute atomic E-state index is 0.0855. The Kier molecular flexibility index (Phi) is 5.43. The van der Waals surface area contributed by atoms with Crippen LogP contribution in [0.15, 0.2) is 24.3 Å². The van der Waals surface area contributed by atoms with Gasteiger partial charge in [0.1, 0.15) is 11.6 Å². The van der Waals surface area contributed by atoms with Crippen LogP contribution in [-0.4, -0.2) is 57.1 Å². The van der Waals surface area contributed by atoms with E-state index >= 15 is 0 Å². The van der Waals surface area contributed by atoms with Crippen LogP contribution >= 0.6 is 0 Å². The number of amides is 1. The Morgan fingerprint density at radius 1 is 1.24 bits per heavy atom. The highest BCUT2D eigenvalue weighted by Gasteiger charge is 2.23. The lowest BCUT2D eigenvalue weighted by molar-refractivity contribution is -0.133. The van der Waals surface area contributed by atoms with Crippen LogP contribution in [0, 0.1) is 12.7 Å². The molecule has 1 atom stereocenters. The molecule has 0 aliphatic carbocycles. The molecule has 1 N–H and O–H groups in total.